The molecule has 0 saturated carbocycles. The summed E-state index contributed by atoms with van der Waals surface area (Å²) in [4.78, 5) is 42.4. The Balaban J connectivity index is 1.64. The third-order valence-electron chi connectivity index (χ3n) is 5.58. The zero-order valence-electron chi connectivity index (χ0n) is 18.4. The van der Waals surface area contributed by atoms with Crippen LogP contribution in [0.3, 0.4) is 0 Å². The molecule has 1 aliphatic heterocycles. The van der Waals surface area contributed by atoms with Gasteiger partial charge in [0.05, 0.1) is 29.6 Å². The molecule has 1 fully saturated rings. The predicted octanol–water partition coefficient (Wildman–Crippen LogP) is 2.28. The molecule has 13 heteroatoms. The topological polar surface area (TPSA) is 151 Å². The Labute approximate surface area is 195 Å². The minimum absolute atomic E-state index is 0.109. The van der Waals surface area contributed by atoms with Crippen molar-refractivity contribution >= 4 is 44.4 Å². The second kappa shape index (κ2) is 9.91. The predicted molar refractivity (Wildman–Crippen MR) is 123 cm³/mol. The lowest BCUT2D eigenvalue weighted by molar-refractivity contribution is -0.115. The van der Waals surface area contributed by atoms with E-state index in [4.69, 9.17) is 0 Å². The first-order chi connectivity index (χ1) is 15.6. The van der Waals surface area contributed by atoms with Crippen LogP contribution in [0.1, 0.15) is 55.1 Å². The van der Waals surface area contributed by atoms with Crippen LogP contribution in [-0.4, -0.2) is 64.6 Å². The van der Waals surface area contributed by atoms with Gasteiger partial charge in [0.15, 0.2) is 5.13 Å². The number of carboxylic acid groups (broad SMARTS) is 1. The van der Waals surface area contributed by atoms with Gasteiger partial charge in [-0.3, -0.25) is 18.5 Å². The summed E-state index contributed by atoms with van der Waals surface area (Å²) in [5, 5.41) is 16.9. The average molecular weight is 498 g/mol. The lowest BCUT2D eigenvalue weighted by atomic mass is 9.80. The molecule has 3 heterocycles. The minimum Gasteiger partial charge on any atom is -0.465 e. The van der Waals surface area contributed by atoms with Gasteiger partial charge in [-0.05, 0) is 31.7 Å². The SMILES string of the molecule is CCCC1(c2csc(NC(=O)CNC(=O)c3ccn(S(C)(=O)=O)c3)n2)CCCCN1C(=O)O. The Kier molecular flexibility index (Phi) is 7.42. The summed E-state index contributed by atoms with van der Waals surface area (Å²) in [6.45, 7) is 2.11. The molecule has 1 unspecified atom stereocenters. The molecule has 3 amide bonds. The van der Waals surface area contributed by atoms with E-state index in [1.165, 1.54) is 34.7 Å². The molecule has 1 aliphatic rings. The minimum atomic E-state index is -3.50. The monoisotopic (exact) mass is 497 g/mol. The van der Waals surface area contributed by atoms with Crippen LogP contribution < -0.4 is 10.6 Å². The van der Waals surface area contributed by atoms with Crippen LogP contribution in [0.5, 0.6) is 0 Å². The number of carbonyl (C=O) groups is 3. The van der Waals surface area contributed by atoms with Crippen LogP contribution >= 0.6 is 11.3 Å². The standard InChI is InChI=1S/C20H27N5O6S2/c1-3-7-20(8-4-5-9-25(20)19(28)29)15-13-32-18(22-15)23-16(26)11-21-17(27)14-6-10-24(12-14)33(2,30)31/h6,10,12-13H,3-5,7-9,11H2,1-2H3,(H,21,27)(H,28,29)(H,22,23,26). The fourth-order valence-corrected chi connectivity index (χ4v) is 5.48. The van der Waals surface area contributed by atoms with Crippen molar-refractivity contribution in [2.75, 3.05) is 24.7 Å². The molecule has 1 saturated heterocycles. The second-order valence-electron chi connectivity index (χ2n) is 7.93. The van der Waals surface area contributed by atoms with E-state index < -0.39 is 33.5 Å². The first-order valence-electron chi connectivity index (χ1n) is 10.5. The number of piperidine rings is 1. The fraction of sp³-hybridized carbons (Fsp3) is 0.500. The van der Waals surface area contributed by atoms with Crippen molar-refractivity contribution in [3.8, 4) is 0 Å². The van der Waals surface area contributed by atoms with E-state index in [1.807, 2.05) is 6.92 Å². The molecule has 0 aliphatic carbocycles. The quantitative estimate of drug-likeness (QED) is 0.506. The summed E-state index contributed by atoms with van der Waals surface area (Å²) < 4.78 is 23.9. The molecule has 0 spiro atoms. The third kappa shape index (κ3) is 5.53. The van der Waals surface area contributed by atoms with Gasteiger partial charge in [-0.25, -0.2) is 18.2 Å². The number of hydrogen-bond acceptors (Lipinski definition) is 7. The van der Waals surface area contributed by atoms with Crippen molar-refractivity contribution in [1.82, 2.24) is 19.2 Å². The Morgan fingerprint density at radius 1 is 1.30 bits per heavy atom. The van der Waals surface area contributed by atoms with E-state index in [1.54, 1.807) is 5.38 Å². The van der Waals surface area contributed by atoms with Crippen molar-refractivity contribution in [2.45, 2.75) is 44.6 Å². The van der Waals surface area contributed by atoms with Gasteiger partial charge >= 0.3 is 6.09 Å². The largest absolute Gasteiger partial charge is 0.465 e. The number of hydrogen-bond donors (Lipinski definition) is 3. The van der Waals surface area contributed by atoms with E-state index in [2.05, 4.69) is 15.6 Å². The van der Waals surface area contributed by atoms with Gasteiger partial charge in [0.25, 0.3) is 5.91 Å². The molecule has 3 rings (SSSR count). The molecular weight excluding hydrogens is 470 g/mol. The average Bonchev–Trinajstić information content (AvgIpc) is 3.42. The number of likely N-dealkylation sites (tertiary alicyclic amines) is 1. The summed E-state index contributed by atoms with van der Waals surface area (Å²) in [5.41, 5.74) is 0.0227. The van der Waals surface area contributed by atoms with Gasteiger partial charge in [-0.1, -0.05) is 13.3 Å². The zero-order valence-corrected chi connectivity index (χ0v) is 20.0. The molecule has 33 heavy (non-hydrogen) atoms. The number of aromatic nitrogens is 2. The normalized spacial score (nSPS) is 18.7. The number of anilines is 1. The highest BCUT2D eigenvalue weighted by atomic mass is 32.2. The van der Waals surface area contributed by atoms with E-state index in [0.29, 0.717) is 30.2 Å². The Bertz CT molecular complexity index is 1140. The van der Waals surface area contributed by atoms with Gasteiger partial charge in [0, 0.05) is 24.3 Å². The van der Waals surface area contributed by atoms with Crippen molar-refractivity contribution in [3.63, 3.8) is 0 Å². The molecule has 11 nitrogen and oxygen atoms in total. The van der Waals surface area contributed by atoms with Crippen LogP contribution in [0.4, 0.5) is 9.93 Å². The van der Waals surface area contributed by atoms with Gasteiger partial charge in [0.2, 0.25) is 15.9 Å². The highest BCUT2D eigenvalue weighted by Gasteiger charge is 2.44. The molecular formula is C20H27N5O6S2. The first-order valence-corrected chi connectivity index (χ1v) is 13.2. The molecule has 1 atom stereocenters. The fourth-order valence-electron chi connectivity index (χ4n) is 4.07. The molecule has 0 bridgehead atoms. The van der Waals surface area contributed by atoms with E-state index in [0.717, 1.165) is 29.5 Å². The van der Waals surface area contributed by atoms with E-state index in [9.17, 15) is 27.9 Å². The smallest absolute Gasteiger partial charge is 0.408 e. The van der Waals surface area contributed by atoms with Crippen LogP contribution in [0.25, 0.3) is 0 Å². The number of nitrogens with one attached hydrogen (secondary N) is 2. The molecule has 180 valence electrons. The first kappa shape index (κ1) is 24.7. The van der Waals surface area contributed by atoms with Gasteiger partial charge < -0.3 is 15.7 Å². The number of carbonyl (C=O) groups excluding carboxylic acids is 2. The zero-order chi connectivity index (χ0) is 24.2. The number of nitrogens with zero attached hydrogens (tertiary/aromatic N) is 3. The maximum Gasteiger partial charge on any atom is 0.408 e. The van der Waals surface area contributed by atoms with Crippen molar-refractivity contribution < 1.29 is 27.9 Å². The molecule has 0 radical (unpaired) electrons. The van der Waals surface area contributed by atoms with Gasteiger partial charge in [-0.15, -0.1) is 11.3 Å². The molecule has 2 aromatic heterocycles. The van der Waals surface area contributed by atoms with Crippen LogP contribution in [-0.2, 0) is 20.4 Å². The lowest BCUT2D eigenvalue weighted by Crippen LogP contribution is -2.52. The number of amides is 3. The summed E-state index contributed by atoms with van der Waals surface area (Å²) in [7, 11) is -3.50. The highest BCUT2D eigenvalue weighted by molar-refractivity contribution is 7.89. The van der Waals surface area contributed by atoms with Crippen LogP contribution in [0.2, 0.25) is 0 Å². The van der Waals surface area contributed by atoms with Crippen molar-refractivity contribution in [1.29, 1.82) is 0 Å². The van der Waals surface area contributed by atoms with Crippen molar-refractivity contribution in [2.24, 2.45) is 0 Å². The lowest BCUT2D eigenvalue weighted by Gasteiger charge is -2.44. The molecule has 0 aromatic carbocycles. The summed E-state index contributed by atoms with van der Waals surface area (Å²) in [5.74, 6) is -1.09. The summed E-state index contributed by atoms with van der Waals surface area (Å²) >= 11 is 1.20. The molecule has 2 aromatic rings. The van der Waals surface area contributed by atoms with E-state index >= 15 is 0 Å². The Morgan fingerprint density at radius 3 is 2.70 bits per heavy atom. The van der Waals surface area contributed by atoms with Gasteiger partial charge in [0.1, 0.15) is 0 Å². The number of thiazole rings is 1. The number of rotatable bonds is 8. The summed E-state index contributed by atoms with van der Waals surface area (Å²) in [6.07, 6.45) is 6.25. The van der Waals surface area contributed by atoms with Crippen LogP contribution in [0, 0.1) is 0 Å². The third-order valence-corrected chi connectivity index (χ3v) is 7.33. The summed E-state index contributed by atoms with van der Waals surface area (Å²) in [6, 6.07) is 1.34. The molecule has 3 N–H and O–H groups in total. The maximum absolute atomic E-state index is 12.3. The van der Waals surface area contributed by atoms with Gasteiger partial charge in [-0.2, -0.15) is 0 Å². The highest BCUT2D eigenvalue weighted by Crippen LogP contribution is 2.42. The Morgan fingerprint density at radius 2 is 2.06 bits per heavy atom. The second-order valence-corrected chi connectivity index (χ2v) is 10.7. The van der Waals surface area contributed by atoms with Crippen LogP contribution in [0.15, 0.2) is 23.8 Å². The maximum atomic E-state index is 12.3. The van der Waals surface area contributed by atoms with Crippen molar-refractivity contribution in [3.05, 3.63) is 35.1 Å². The Hall–Kier alpha value is -2.93. The van der Waals surface area contributed by atoms with E-state index in [-0.39, 0.29) is 12.1 Å².